The quantitative estimate of drug-likeness (QED) is 0.835. The summed E-state index contributed by atoms with van der Waals surface area (Å²) >= 11 is 3.32. The predicted molar refractivity (Wildman–Crippen MR) is 82.5 cm³/mol. The van der Waals surface area contributed by atoms with Crippen molar-refractivity contribution < 1.29 is 13.2 Å². The molecule has 1 heterocycles. The lowest BCUT2D eigenvalue weighted by Crippen LogP contribution is -2.35. The summed E-state index contributed by atoms with van der Waals surface area (Å²) in [4.78, 5) is 11.7. The molecule has 0 bridgehead atoms. The van der Waals surface area contributed by atoms with Crippen molar-refractivity contribution in [2.24, 2.45) is 0 Å². The topological polar surface area (TPSA) is 75.3 Å². The lowest BCUT2D eigenvalue weighted by Gasteiger charge is -2.11. The van der Waals surface area contributed by atoms with E-state index < -0.39 is 9.84 Å². The maximum absolute atomic E-state index is 11.7. The Balaban J connectivity index is 1.74. The smallest absolute Gasteiger partial charge is 0.238 e. The van der Waals surface area contributed by atoms with Gasteiger partial charge < -0.3 is 10.6 Å². The van der Waals surface area contributed by atoms with Gasteiger partial charge in [0.15, 0.2) is 9.84 Å². The first-order valence-corrected chi connectivity index (χ1v) is 8.96. The van der Waals surface area contributed by atoms with Gasteiger partial charge in [0.25, 0.3) is 0 Å². The standard InChI is InChI=1S/C13H17BrN2O3S/c14-10-3-5-11(6-4-10)16-13(17)9-15-8-12-2-1-7-20(12,18)19/h3-6,12,15H,1-2,7-9H2,(H,16,17). The molecule has 0 aromatic heterocycles. The van der Waals surface area contributed by atoms with Crippen LogP contribution in [0.25, 0.3) is 0 Å². The number of hydrogen-bond acceptors (Lipinski definition) is 4. The van der Waals surface area contributed by atoms with Crippen molar-refractivity contribution >= 4 is 37.4 Å². The lowest BCUT2D eigenvalue weighted by atomic mass is 10.2. The van der Waals surface area contributed by atoms with E-state index >= 15 is 0 Å². The molecule has 1 aliphatic rings. The molecule has 1 unspecified atom stereocenters. The third kappa shape index (κ3) is 4.29. The Hall–Kier alpha value is -0.920. The first kappa shape index (κ1) is 15.5. The van der Waals surface area contributed by atoms with Crippen LogP contribution in [0, 0.1) is 0 Å². The molecule has 1 atom stereocenters. The first-order valence-electron chi connectivity index (χ1n) is 6.45. The van der Waals surface area contributed by atoms with E-state index in [4.69, 9.17) is 0 Å². The number of rotatable bonds is 5. The van der Waals surface area contributed by atoms with Gasteiger partial charge in [-0.05, 0) is 37.1 Å². The maximum atomic E-state index is 11.7. The highest BCUT2D eigenvalue weighted by Gasteiger charge is 2.30. The number of sulfone groups is 1. The highest BCUT2D eigenvalue weighted by atomic mass is 79.9. The van der Waals surface area contributed by atoms with Crippen LogP contribution in [0.5, 0.6) is 0 Å². The number of halogens is 1. The molecule has 1 fully saturated rings. The highest BCUT2D eigenvalue weighted by molar-refractivity contribution is 9.10. The van der Waals surface area contributed by atoms with Gasteiger partial charge in [-0.1, -0.05) is 15.9 Å². The summed E-state index contributed by atoms with van der Waals surface area (Å²) < 4.78 is 24.2. The molecule has 2 rings (SSSR count). The summed E-state index contributed by atoms with van der Waals surface area (Å²) in [6.45, 7) is 0.457. The summed E-state index contributed by atoms with van der Waals surface area (Å²) in [7, 11) is -2.95. The maximum Gasteiger partial charge on any atom is 0.238 e. The average Bonchev–Trinajstić information content (AvgIpc) is 2.72. The Kier molecular flexibility index (Phi) is 5.17. The molecule has 2 N–H and O–H groups in total. The van der Waals surface area contributed by atoms with Crippen molar-refractivity contribution in [3.8, 4) is 0 Å². The van der Waals surface area contributed by atoms with E-state index in [1.807, 2.05) is 12.1 Å². The van der Waals surface area contributed by atoms with E-state index in [9.17, 15) is 13.2 Å². The molecule has 5 nitrogen and oxygen atoms in total. The second kappa shape index (κ2) is 6.69. The lowest BCUT2D eigenvalue weighted by molar-refractivity contribution is -0.115. The fourth-order valence-electron chi connectivity index (χ4n) is 2.17. The van der Waals surface area contributed by atoms with Crippen LogP contribution in [0.1, 0.15) is 12.8 Å². The Bertz CT molecular complexity index is 572. The van der Waals surface area contributed by atoms with Crippen molar-refractivity contribution in [2.45, 2.75) is 18.1 Å². The third-order valence-corrected chi connectivity index (χ3v) is 6.05. The summed E-state index contributed by atoms with van der Waals surface area (Å²) in [6.07, 6.45) is 1.41. The number of hydrogen-bond donors (Lipinski definition) is 2. The number of benzene rings is 1. The van der Waals surface area contributed by atoms with Crippen LogP contribution in [-0.4, -0.2) is 38.4 Å². The largest absolute Gasteiger partial charge is 0.325 e. The van der Waals surface area contributed by atoms with E-state index in [-0.39, 0.29) is 23.5 Å². The summed E-state index contributed by atoms with van der Waals surface area (Å²) in [5.74, 6) is 0.0903. The van der Waals surface area contributed by atoms with E-state index in [1.165, 1.54) is 0 Å². The molecular formula is C13H17BrN2O3S. The molecule has 0 radical (unpaired) electrons. The van der Waals surface area contributed by atoms with Gasteiger partial charge in [-0.15, -0.1) is 0 Å². The number of nitrogens with one attached hydrogen (secondary N) is 2. The van der Waals surface area contributed by atoms with Crippen molar-refractivity contribution in [1.82, 2.24) is 5.32 Å². The second-order valence-corrected chi connectivity index (χ2v) is 8.13. The Morgan fingerprint density at radius 3 is 2.60 bits per heavy atom. The van der Waals surface area contributed by atoms with Gasteiger partial charge in [0.1, 0.15) is 0 Å². The van der Waals surface area contributed by atoms with Crippen LogP contribution in [-0.2, 0) is 14.6 Å². The second-order valence-electron chi connectivity index (χ2n) is 4.82. The highest BCUT2D eigenvalue weighted by Crippen LogP contribution is 2.19. The minimum atomic E-state index is -2.95. The molecule has 7 heteroatoms. The molecule has 1 amide bonds. The number of carbonyl (C=O) groups is 1. The van der Waals surface area contributed by atoms with Crippen LogP contribution in [0.4, 0.5) is 5.69 Å². The summed E-state index contributed by atoms with van der Waals surface area (Å²) in [6, 6.07) is 7.27. The normalized spacial score (nSPS) is 20.8. The van der Waals surface area contributed by atoms with Crippen molar-refractivity contribution in [3.05, 3.63) is 28.7 Å². The fraction of sp³-hybridized carbons (Fsp3) is 0.462. The minimum Gasteiger partial charge on any atom is -0.325 e. The van der Waals surface area contributed by atoms with Gasteiger partial charge >= 0.3 is 0 Å². The van der Waals surface area contributed by atoms with Crippen molar-refractivity contribution in [2.75, 3.05) is 24.2 Å². The zero-order valence-electron chi connectivity index (χ0n) is 10.9. The minimum absolute atomic E-state index is 0.113. The predicted octanol–water partition coefficient (Wildman–Crippen LogP) is 1.55. The SMILES string of the molecule is O=C(CNCC1CCCS1(=O)=O)Nc1ccc(Br)cc1. The van der Waals surface area contributed by atoms with E-state index in [0.29, 0.717) is 18.7 Å². The monoisotopic (exact) mass is 360 g/mol. The Morgan fingerprint density at radius 1 is 1.30 bits per heavy atom. The summed E-state index contributed by atoms with van der Waals surface area (Å²) in [5.41, 5.74) is 0.716. The van der Waals surface area contributed by atoms with Gasteiger partial charge in [-0.25, -0.2) is 8.42 Å². The van der Waals surface area contributed by atoms with Gasteiger partial charge in [-0.3, -0.25) is 4.79 Å². The van der Waals surface area contributed by atoms with Gasteiger partial charge in [-0.2, -0.15) is 0 Å². The molecule has 1 saturated heterocycles. The molecule has 0 aliphatic carbocycles. The van der Waals surface area contributed by atoms with Gasteiger partial charge in [0, 0.05) is 16.7 Å². The Labute approximate surface area is 127 Å². The van der Waals surface area contributed by atoms with Crippen LogP contribution < -0.4 is 10.6 Å². The molecule has 1 aliphatic heterocycles. The molecule has 0 spiro atoms. The van der Waals surface area contributed by atoms with Crippen molar-refractivity contribution in [3.63, 3.8) is 0 Å². The van der Waals surface area contributed by atoms with E-state index in [1.54, 1.807) is 12.1 Å². The van der Waals surface area contributed by atoms with Crippen LogP contribution >= 0.6 is 15.9 Å². The van der Waals surface area contributed by atoms with Crippen LogP contribution in [0.15, 0.2) is 28.7 Å². The van der Waals surface area contributed by atoms with Crippen LogP contribution in [0.2, 0.25) is 0 Å². The Morgan fingerprint density at radius 2 is 2.00 bits per heavy atom. The average molecular weight is 361 g/mol. The number of carbonyl (C=O) groups excluding carboxylic acids is 1. The molecule has 0 saturated carbocycles. The molecule has 20 heavy (non-hydrogen) atoms. The van der Waals surface area contributed by atoms with Crippen LogP contribution in [0.3, 0.4) is 0 Å². The number of amides is 1. The molecule has 1 aromatic carbocycles. The van der Waals surface area contributed by atoms with Crippen molar-refractivity contribution in [1.29, 1.82) is 0 Å². The van der Waals surface area contributed by atoms with E-state index in [0.717, 1.165) is 10.9 Å². The third-order valence-electron chi connectivity index (χ3n) is 3.25. The van der Waals surface area contributed by atoms with Gasteiger partial charge in [0.05, 0.1) is 17.5 Å². The molecule has 110 valence electrons. The first-order chi connectivity index (χ1) is 9.47. The molecule has 1 aromatic rings. The van der Waals surface area contributed by atoms with E-state index in [2.05, 4.69) is 26.6 Å². The van der Waals surface area contributed by atoms with Gasteiger partial charge in [0.2, 0.25) is 5.91 Å². The zero-order valence-corrected chi connectivity index (χ0v) is 13.3. The number of anilines is 1. The zero-order chi connectivity index (χ0) is 14.6. The summed E-state index contributed by atoms with van der Waals surface area (Å²) in [5, 5.41) is 5.31. The molecular weight excluding hydrogens is 344 g/mol. The fourth-order valence-corrected chi connectivity index (χ4v) is 4.24.